The summed E-state index contributed by atoms with van der Waals surface area (Å²) in [5, 5.41) is 23.1. The van der Waals surface area contributed by atoms with Gasteiger partial charge in [-0.2, -0.15) is 0 Å². The molecule has 0 aliphatic rings. The van der Waals surface area contributed by atoms with Crippen molar-refractivity contribution in [3.63, 3.8) is 0 Å². The highest BCUT2D eigenvalue weighted by molar-refractivity contribution is 5.76. The second-order valence-corrected chi connectivity index (χ2v) is 17.5. The van der Waals surface area contributed by atoms with Crippen molar-refractivity contribution in [3.8, 4) is 0 Å². The van der Waals surface area contributed by atoms with Gasteiger partial charge in [0.2, 0.25) is 5.91 Å². The van der Waals surface area contributed by atoms with Gasteiger partial charge in [-0.25, -0.2) is 0 Å². The van der Waals surface area contributed by atoms with Crippen LogP contribution in [-0.2, 0) is 14.3 Å². The Hall–Kier alpha value is -1.66. The number of ether oxygens (including phenoxy) is 1. The average Bonchev–Trinajstić information content (AvgIpc) is 3.22. The molecule has 342 valence electrons. The van der Waals surface area contributed by atoms with E-state index in [0.29, 0.717) is 25.9 Å². The first kappa shape index (κ1) is 56.3. The minimum Gasteiger partial charge on any atom is -0.466 e. The van der Waals surface area contributed by atoms with E-state index in [9.17, 15) is 19.8 Å². The van der Waals surface area contributed by atoms with Crippen molar-refractivity contribution in [2.45, 2.75) is 283 Å². The highest BCUT2D eigenvalue weighted by atomic mass is 16.5. The molecule has 0 saturated heterocycles. The molecule has 0 aromatic rings. The molecule has 3 N–H and O–H groups in total. The minimum atomic E-state index is -0.666. The van der Waals surface area contributed by atoms with Crippen LogP contribution in [0.2, 0.25) is 0 Å². The number of carbonyl (C=O) groups is 2. The van der Waals surface area contributed by atoms with Crippen LogP contribution in [0.4, 0.5) is 0 Å². The first-order valence-corrected chi connectivity index (χ1v) is 25.6. The van der Waals surface area contributed by atoms with Crippen LogP contribution < -0.4 is 5.32 Å². The van der Waals surface area contributed by atoms with Gasteiger partial charge in [0.1, 0.15) is 0 Å². The molecule has 0 fully saturated rings. The normalized spacial score (nSPS) is 12.8. The van der Waals surface area contributed by atoms with Crippen LogP contribution in [0.25, 0.3) is 0 Å². The molecule has 0 aromatic heterocycles. The molecular formula is C52H99NO5. The second kappa shape index (κ2) is 48.0. The van der Waals surface area contributed by atoms with Crippen LogP contribution in [-0.4, -0.2) is 47.4 Å². The fraction of sp³-hybridized carbons (Fsp3) is 0.885. The van der Waals surface area contributed by atoms with Crippen molar-refractivity contribution < 1.29 is 24.5 Å². The van der Waals surface area contributed by atoms with Gasteiger partial charge < -0.3 is 20.3 Å². The van der Waals surface area contributed by atoms with E-state index in [0.717, 1.165) is 57.8 Å². The quantitative estimate of drug-likeness (QED) is 0.0323. The molecule has 0 bridgehead atoms. The molecule has 0 spiro atoms. The highest BCUT2D eigenvalue weighted by Gasteiger charge is 2.20. The maximum absolute atomic E-state index is 12.4. The van der Waals surface area contributed by atoms with E-state index in [1.165, 1.54) is 180 Å². The van der Waals surface area contributed by atoms with E-state index in [-0.39, 0.29) is 18.5 Å². The van der Waals surface area contributed by atoms with Crippen molar-refractivity contribution in [1.29, 1.82) is 0 Å². The van der Waals surface area contributed by atoms with E-state index < -0.39 is 12.1 Å². The zero-order valence-electron chi connectivity index (χ0n) is 38.8. The van der Waals surface area contributed by atoms with Crippen LogP contribution in [0.15, 0.2) is 24.3 Å². The van der Waals surface area contributed by atoms with Crippen LogP contribution in [0, 0.1) is 0 Å². The van der Waals surface area contributed by atoms with E-state index in [1.807, 2.05) is 0 Å². The van der Waals surface area contributed by atoms with Crippen molar-refractivity contribution in [3.05, 3.63) is 24.3 Å². The number of esters is 1. The third-order valence-electron chi connectivity index (χ3n) is 11.8. The molecule has 0 aliphatic carbocycles. The number of rotatable bonds is 47. The van der Waals surface area contributed by atoms with Crippen molar-refractivity contribution in [1.82, 2.24) is 5.32 Å². The lowest BCUT2D eigenvalue weighted by Crippen LogP contribution is -2.45. The van der Waals surface area contributed by atoms with Gasteiger partial charge in [-0.15, -0.1) is 0 Å². The summed E-state index contributed by atoms with van der Waals surface area (Å²) in [5.41, 5.74) is 0. The Balaban J connectivity index is 3.41. The maximum Gasteiger partial charge on any atom is 0.305 e. The average molecular weight is 818 g/mol. The summed E-state index contributed by atoms with van der Waals surface area (Å²) in [6, 6.07) is -0.544. The molecule has 2 atom stereocenters. The van der Waals surface area contributed by atoms with Crippen LogP contribution in [0.5, 0.6) is 0 Å². The number of hydrogen-bond donors (Lipinski definition) is 3. The number of carbonyl (C=O) groups excluding carboxylic acids is 2. The van der Waals surface area contributed by atoms with Crippen molar-refractivity contribution in [2.24, 2.45) is 0 Å². The largest absolute Gasteiger partial charge is 0.466 e. The highest BCUT2D eigenvalue weighted by Crippen LogP contribution is 2.16. The molecule has 0 aromatic carbocycles. The zero-order valence-corrected chi connectivity index (χ0v) is 38.8. The molecule has 2 unspecified atom stereocenters. The molecule has 0 saturated carbocycles. The third-order valence-corrected chi connectivity index (χ3v) is 11.8. The Bertz CT molecular complexity index is 904. The standard InChI is InChI=1S/C52H99NO5/c1-3-5-7-9-11-13-14-15-16-20-23-26-30-34-38-42-46-52(57)58-47-43-39-35-31-27-24-21-18-17-19-22-25-29-33-37-41-45-51(56)53-49(48-54)50(55)44-40-36-32-28-12-10-8-6-4-2/h13-14,16,20,49-50,54-55H,3-12,15,17-19,21-48H2,1-2H3,(H,53,56)/b14-13-,20-16-. The Labute approximate surface area is 361 Å². The van der Waals surface area contributed by atoms with Gasteiger partial charge in [0, 0.05) is 12.8 Å². The number of aliphatic hydroxyl groups is 2. The first-order valence-electron chi connectivity index (χ1n) is 25.6. The summed E-state index contributed by atoms with van der Waals surface area (Å²) in [6.07, 6.45) is 55.8. The van der Waals surface area contributed by atoms with Gasteiger partial charge in [0.05, 0.1) is 25.4 Å². The summed E-state index contributed by atoms with van der Waals surface area (Å²) < 4.78 is 5.46. The summed E-state index contributed by atoms with van der Waals surface area (Å²) in [5.74, 6) is -0.0558. The predicted octanol–water partition coefficient (Wildman–Crippen LogP) is 15.1. The molecule has 0 rings (SSSR count). The van der Waals surface area contributed by atoms with Crippen molar-refractivity contribution >= 4 is 11.9 Å². The zero-order chi connectivity index (χ0) is 42.3. The summed E-state index contributed by atoms with van der Waals surface area (Å²) >= 11 is 0. The Morgan fingerprint density at radius 3 is 1.33 bits per heavy atom. The Kier molecular flexibility index (Phi) is 46.6. The smallest absolute Gasteiger partial charge is 0.305 e. The fourth-order valence-electron chi connectivity index (χ4n) is 7.79. The van der Waals surface area contributed by atoms with Crippen LogP contribution >= 0.6 is 0 Å². The molecule has 0 heterocycles. The number of amides is 1. The molecule has 0 aliphatic heterocycles. The fourth-order valence-corrected chi connectivity index (χ4v) is 7.79. The number of aliphatic hydroxyl groups excluding tert-OH is 2. The van der Waals surface area contributed by atoms with Crippen LogP contribution in [0.3, 0.4) is 0 Å². The number of unbranched alkanes of at least 4 members (excludes halogenated alkanes) is 32. The van der Waals surface area contributed by atoms with Crippen LogP contribution in [0.1, 0.15) is 271 Å². The van der Waals surface area contributed by atoms with Gasteiger partial charge in [0.15, 0.2) is 0 Å². The Morgan fingerprint density at radius 1 is 0.483 bits per heavy atom. The minimum absolute atomic E-state index is 0.0108. The topological polar surface area (TPSA) is 95.9 Å². The van der Waals surface area contributed by atoms with E-state index >= 15 is 0 Å². The first-order chi connectivity index (χ1) is 28.5. The third kappa shape index (κ3) is 43.9. The molecule has 6 heteroatoms. The SMILES string of the molecule is CCCCCC/C=C\C/C=C\CCCCCCCC(=O)OCCCCCCCCCCCCCCCCCCC(=O)NC(CO)C(O)CCCCCCCCCCC. The second-order valence-electron chi connectivity index (χ2n) is 17.5. The monoisotopic (exact) mass is 818 g/mol. The molecular weight excluding hydrogens is 719 g/mol. The van der Waals surface area contributed by atoms with E-state index in [1.54, 1.807) is 0 Å². The lowest BCUT2D eigenvalue weighted by Gasteiger charge is -2.22. The van der Waals surface area contributed by atoms with E-state index in [4.69, 9.17) is 4.74 Å². The Morgan fingerprint density at radius 2 is 0.862 bits per heavy atom. The summed E-state index contributed by atoms with van der Waals surface area (Å²) in [4.78, 5) is 24.4. The molecule has 0 radical (unpaired) electrons. The lowest BCUT2D eigenvalue weighted by atomic mass is 10.0. The summed E-state index contributed by atoms with van der Waals surface area (Å²) in [6.45, 7) is 4.89. The number of allylic oxidation sites excluding steroid dienone is 4. The summed E-state index contributed by atoms with van der Waals surface area (Å²) in [7, 11) is 0. The van der Waals surface area contributed by atoms with Crippen molar-refractivity contribution in [2.75, 3.05) is 13.2 Å². The molecule has 58 heavy (non-hydrogen) atoms. The predicted molar refractivity (Wildman–Crippen MR) is 250 cm³/mol. The lowest BCUT2D eigenvalue weighted by molar-refractivity contribution is -0.143. The molecule has 6 nitrogen and oxygen atoms in total. The number of hydrogen-bond acceptors (Lipinski definition) is 5. The maximum atomic E-state index is 12.4. The van der Waals surface area contributed by atoms with Gasteiger partial charge in [-0.1, -0.05) is 224 Å². The van der Waals surface area contributed by atoms with Gasteiger partial charge in [0.25, 0.3) is 0 Å². The number of nitrogens with one attached hydrogen (secondary N) is 1. The molecule has 1 amide bonds. The van der Waals surface area contributed by atoms with Gasteiger partial charge >= 0.3 is 5.97 Å². The van der Waals surface area contributed by atoms with E-state index in [2.05, 4.69) is 43.5 Å². The van der Waals surface area contributed by atoms with Gasteiger partial charge in [-0.05, 0) is 57.8 Å². The van der Waals surface area contributed by atoms with Gasteiger partial charge in [-0.3, -0.25) is 9.59 Å².